The molecule has 0 fully saturated rings. The molecular formula is C22H34O7. The highest BCUT2D eigenvalue weighted by molar-refractivity contribution is 5.73. The number of aromatic hydroxyl groups is 3. The molecule has 29 heavy (non-hydrogen) atoms. The quantitative estimate of drug-likeness (QED) is 0.165. The smallest absolute Gasteiger partial charge is 0.309 e. The highest BCUT2D eigenvalue weighted by Crippen LogP contribution is 2.40. The average Bonchev–Trinajstić information content (AvgIpc) is 2.61. The Morgan fingerprint density at radius 3 is 2.14 bits per heavy atom. The Labute approximate surface area is 172 Å². The number of benzene rings is 1. The van der Waals surface area contributed by atoms with Crippen LogP contribution in [0.3, 0.4) is 0 Å². The number of carbonyl (C=O) groups is 2. The number of hydrogen-bond acceptors (Lipinski definition) is 6. The topological polar surface area (TPSA) is 124 Å². The summed E-state index contributed by atoms with van der Waals surface area (Å²) in [6.07, 6.45) is 4.62. The molecule has 0 spiro atoms. The van der Waals surface area contributed by atoms with Crippen LogP contribution in [0.15, 0.2) is 6.07 Å². The number of hydrogen-bond donors (Lipinski definition) is 4. The number of unbranched alkanes of at least 4 members (excludes halogenated alkanes) is 2. The summed E-state index contributed by atoms with van der Waals surface area (Å²) >= 11 is 0. The minimum Gasteiger partial charge on any atom is -0.508 e. The molecule has 0 saturated carbocycles. The van der Waals surface area contributed by atoms with Crippen LogP contribution in [0.5, 0.6) is 17.2 Å². The van der Waals surface area contributed by atoms with Gasteiger partial charge in [0.15, 0.2) is 11.5 Å². The number of carbonyl (C=O) groups excluding carboxylic acids is 1. The second-order valence-corrected chi connectivity index (χ2v) is 8.81. The number of ether oxygens (including phenoxy) is 1. The Bertz CT molecular complexity index is 708. The standard InChI is InChI=1S/C22H34O7/c1-21(2,20(27)28)11-7-5-9-15-13-17(24)16(19(26)18(15)25)10-6-8-12-22(3,4)29-14-23/h13-14,24-26H,5-12H2,1-4H3,(H,27,28). The van der Waals surface area contributed by atoms with Gasteiger partial charge >= 0.3 is 5.97 Å². The summed E-state index contributed by atoms with van der Waals surface area (Å²) in [7, 11) is 0. The zero-order chi connectivity index (χ0) is 22.2. The Balaban J connectivity index is 2.64. The minimum absolute atomic E-state index is 0.0652. The van der Waals surface area contributed by atoms with E-state index in [2.05, 4.69) is 0 Å². The first-order valence-electron chi connectivity index (χ1n) is 10.0. The van der Waals surface area contributed by atoms with E-state index in [1.807, 2.05) is 13.8 Å². The van der Waals surface area contributed by atoms with E-state index in [0.717, 1.165) is 6.42 Å². The Morgan fingerprint density at radius 2 is 1.55 bits per heavy atom. The Morgan fingerprint density at radius 1 is 0.966 bits per heavy atom. The molecule has 0 aliphatic rings. The first kappa shape index (κ1) is 24.6. The van der Waals surface area contributed by atoms with Crippen molar-refractivity contribution in [2.75, 3.05) is 0 Å². The molecule has 1 aromatic rings. The SMILES string of the molecule is CC(C)(CCCCc1c(O)cc(CCCCC(C)(C)C(=O)O)c(O)c1O)OC=O. The second kappa shape index (κ2) is 10.4. The Kier molecular flexibility index (Phi) is 8.80. The van der Waals surface area contributed by atoms with Crippen molar-refractivity contribution in [1.82, 2.24) is 0 Å². The van der Waals surface area contributed by atoms with Crippen LogP contribution in [-0.2, 0) is 27.2 Å². The van der Waals surface area contributed by atoms with Gasteiger partial charge in [-0.05, 0) is 78.7 Å². The van der Waals surface area contributed by atoms with E-state index in [1.54, 1.807) is 13.8 Å². The maximum absolute atomic E-state index is 11.1. The van der Waals surface area contributed by atoms with Gasteiger partial charge in [-0.25, -0.2) is 0 Å². The number of aryl methyl sites for hydroxylation is 1. The lowest BCUT2D eigenvalue weighted by atomic mass is 9.86. The molecule has 0 bridgehead atoms. The molecule has 164 valence electrons. The fraction of sp³-hybridized carbons (Fsp3) is 0.636. The van der Waals surface area contributed by atoms with Crippen LogP contribution in [0, 0.1) is 5.41 Å². The molecular weight excluding hydrogens is 376 g/mol. The van der Waals surface area contributed by atoms with E-state index in [-0.39, 0.29) is 17.2 Å². The van der Waals surface area contributed by atoms with Gasteiger partial charge in [-0.15, -0.1) is 0 Å². The van der Waals surface area contributed by atoms with E-state index >= 15 is 0 Å². The molecule has 0 unspecified atom stereocenters. The first-order valence-corrected chi connectivity index (χ1v) is 10.0. The molecule has 4 N–H and O–H groups in total. The summed E-state index contributed by atoms with van der Waals surface area (Å²) in [5, 5.41) is 40.0. The second-order valence-electron chi connectivity index (χ2n) is 8.81. The monoisotopic (exact) mass is 410 g/mol. The summed E-state index contributed by atoms with van der Waals surface area (Å²) in [5.41, 5.74) is -0.626. The van der Waals surface area contributed by atoms with Crippen molar-refractivity contribution in [3.8, 4) is 17.2 Å². The van der Waals surface area contributed by atoms with E-state index in [0.29, 0.717) is 62.5 Å². The molecule has 7 heteroatoms. The van der Waals surface area contributed by atoms with Crippen molar-refractivity contribution in [3.63, 3.8) is 0 Å². The van der Waals surface area contributed by atoms with Crippen LogP contribution in [0.25, 0.3) is 0 Å². The molecule has 0 amide bonds. The van der Waals surface area contributed by atoms with Crippen molar-refractivity contribution in [3.05, 3.63) is 17.2 Å². The van der Waals surface area contributed by atoms with Gasteiger partial charge in [0.25, 0.3) is 6.47 Å². The van der Waals surface area contributed by atoms with Crippen LogP contribution in [0.4, 0.5) is 0 Å². The summed E-state index contributed by atoms with van der Waals surface area (Å²) < 4.78 is 4.99. The van der Waals surface area contributed by atoms with Gasteiger partial charge in [0.05, 0.1) is 5.41 Å². The van der Waals surface area contributed by atoms with Gasteiger partial charge in [-0.1, -0.05) is 6.42 Å². The van der Waals surface area contributed by atoms with Crippen LogP contribution >= 0.6 is 0 Å². The number of carboxylic acid groups (broad SMARTS) is 1. The molecule has 1 rings (SSSR count). The van der Waals surface area contributed by atoms with Crippen molar-refractivity contribution in [2.24, 2.45) is 5.41 Å². The van der Waals surface area contributed by atoms with Gasteiger partial charge in [0.2, 0.25) is 0 Å². The third kappa shape index (κ3) is 7.48. The summed E-state index contributed by atoms with van der Waals surface area (Å²) in [5.74, 6) is -1.46. The van der Waals surface area contributed by atoms with Gasteiger partial charge in [0.1, 0.15) is 11.4 Å². The molecule has 1 aromatic carbocycles. The molecule has 0 atom stereocenters. The minimum atomic E-state index is -0.846. The molecule has 0 aliphatic carbocycles. The van der Waals surface area contributed by atoms with Crippen molar-refractivity contribution in [2.45, 2.75) is 84.7 Å². The van der Waals surface area contributed by atoms with Crippen molar-refractivity contribution >= 4 is 12.4 Å². The zero-order valence-corrected chi connectivity index (χ0v) is 17.8. The molecule has 0 saturated heterocycles. The van der Waals surface area contributed by atoms with Crippen LogP contribution in [0.1, 0.15) is 77.3 Å². The lowest BCUT2D eigenvalue weighted by Crippen LogP contribution is -2.23. The van der Waals surface area contributed by atoms with Crippen LogP contribution in [-0.4, -0.2) is 38.5 Å². The van der Waals surface area contributed by atoms with Crippen LogP contribution < -0.4 is 0 Å². The van der Waals surface area contributed by atoms with E-state index in [1.165, 1.54) is 6.07 Å². The maximum atomic E-state index is 11.1. The van der Waals surface area contributed by atoms with Gasteiger partial charge in [-0.2, -0.15) is 0 Å². The van der Waals surface area contributed by atoms with E-state index < -0.39 is 17.0 Å². The van der Waals surface area contributed by atoms with Crippen LogP contribution in [0.2, 0.25) is 0 Å². The summed E-state index contributed by atoms with van der Waals surface area (Å²) in [4.78, 5) is 21.6. The molecule has 0 aromatic heterocycles. The molecule has 7 nitrogen and oxygen atoms in total. The van der Waals surface area contributed by atoms with Gasteiger partial charge < -0.3 is 25.2 Å². The fourth-order valence-electron chi connectivity index (χ4n) is 3.20. The van der Waals surface area contributed by atoms with Gasteiger partial charge in [-0.3, -0.25) is 9.59 Å². The highest BCUT2D eigenvalue weighted by atomic mass is 16.5. The Hall–Kier alpha value is -2.44. The molecule has 0 heterocycles. The third-order valence-corrected chi connectivity index (χ3v) is 5.33. The third-order valence-electron chi connectivity index (χ3n) is 5.33. The molecule has 0 aliphatic heterocycles. The summed E-state index contributed by atoms with van der Waals surface area (Å²) in [6.45, 7) is 7.40. The largest absolute Gasteiger partial charge is 0.508 e. The predicted octanol–water partition coefficient (Wildman–Crippen LogP) is 4.29. The number of carboxylic acids is 1. The van der Waals surface area contributed by atoms with Crippen molar-refractivity contribution < 1.29 is 34.8 Å². The van der Waals surface area contributed by atoms with E-state index in [4.69, 9.17) is 9.84 Å². The fourth-order valence-corrected chi connectivity index (χ4v) is 3.20. The number of phenols is 3. The maximum Gasteiger partial charge on any atom is 0.309 e. The number of phenolic OH excluding ortho intramolecular Hbond substituents is 3. The first-order chi connectivity index (χ1) is 13.4. The average molecular weight is 411 g/mol. The molecule has 0 radical (unpaired) electrons. The van der Waals surface area contributed by atoms with E-state index in [9.17, 15) is 24.9 Å². The number of aliphatic carboxylic acids is 1. The zero-order valence-electron chi connectivity index (χ0n) is 17.8. The predicted molar refractivity (Wildman–Crippen MR) is 109 cm³/mol. The highest BCUT2D eigenvalue weighted by Gasteiger charge is 2.26. The lowest BCUT2D eigenvalue weighted by molar-refractivity contribution is -0.147. The normalized spacial score (nSPS) is 12.0. The van der Waals surface area contributed by atoms with Gasteiger partial charge in [0, 0.05) is 11.1 Å². The summed E-state index contributed by atoms with van der Waals surface area (Å²) in [6, 6.07) is 1.46. The lowest BCUT2D eigenvalue weighted by Gasteiger charge is -2.22. The number of rotatable bonds is 13. The van der Waals surface area contributed by atoms with Crippen molar-refractivity contribution in [1.29, 1.82) is 0 Å².